The smallest absolute Gasteiger partial charge is 0.0961 e. The summed E-state index contributed by atoms with van der Waals surface area (Å²) in [5.74, 6) is 0. The van der Waals surface area contributed by atoms with Crippen LogP contribution in [0.3, 0.4) is 0 Å². The van der Waals surface area contributed by atoms with Crippen molar-refractivity contribution in [2.75, 3.05) is 25.2 Å². The van der Waals surface area contributed by atoms with Crippen LogP contribution in [0.15, 0.2) is 24.5 Å². The molecule has 2 N–H and O–H groups in total. The minimum absolute atomic E-state index is 0.397. The Kier molecular flexibility index (Phi) is 5.88. The van der Waals surface area contributed by atoms with Gasteiger partial charge < -0.3 is 15.3 Å². The van der Waals surface area contributed by atoms with Gasteiger partial charge in [0.2, 0.25) is 0 Å². The second-order valence-electron chi connectivity index (χ2n) is 3.53. The van der Waals surface area contributed by atoms with Crippen molar-refractivity contribution in [3.05, 3.63) is 24.5 Å². The van der Waals surface area contributed by atoms with E-state index in [2.05, 4.69) is 12.3 Å². The number of hydrogen-bond acceptors (Lipinski definition) is 3. The molecular weight excluding hydrogens is 192 g/mol. The highest BCUT2D eigenvalue weighted by Gasteiger charge is 2.02. The quantitative estimate of drug-likeness (QED) is 0.637. The summed E-state index contributed by atoms with van der Waals surface area (Å²) in [7, 11) is 0. The lowest BCUT2D eigenvalue weighted by Gasteiger charge is -2.13. The van der Waals surface area contributed by atoms with Crippen molar-refractivity contribution in [3.8, 4) is 0 Å². The number of rotatable bonds is 8. The van der Waals surface area contributed by atoms with Crippen LogP contribution in [0.1, 0.15) is 19.8 Å². The van der Waals surface area contributed by atoms with Crippen LogP contribution in [0.5, 0.6) is 0 Å². The van der Waals surface area contributed by atoms with E-state index in [0.717, 1.165) is 19.4 Å². The van der Waals surface area contributed by atoms with E-state index < -0.39 is 6.10 Å². The molecule has 1 unspecified atom stereocenters. The van der Waals surface area contributed by atoms with Gasteiger partial charge in [0.15, 0.2) is 0 Å². The van der Waals surface area contributed by atoms with E-state index >= 15 is 0 Å². The lowest BCUT2D eigenvalue weighted by molar-refractivity contribution is 0.0410. The van der Waals surface area contributed by atoms with E-state index in [1.807, 2.05) is 29.2 Å². The second-order valence-corrected chi connectivity index (χ2v) is 3.53. The first-order valence-corrected chi connectivity index (χ1v) is 5.45. The normalized spacial score (nSPS) is 12.7. The van der Waals surface area contributed by atoms with E-state index in [1.54, 1.807) is 0 Å². The average Bonchev–Trinajstić information content (AvgIpc) is 2.74. The summed E-state index contributed by atoms with van der Waals surface area (Å²) in [6.07, 6.45) is 5.51. The molecule has 0 spiro atoms. The first-order chi connectivity index (χ1) is 7.33. The summed E-state index contributed by atoms with van der Waals surface area (Å²) in [6, 6.07) is 3.86. The molecule has 1 aromatic rings. The molecule has 0 aliphatic rings. The number of aromatic nitrogens is 1. The van der Waals surface area contributed by atoms with Crippen molar-refractivity contribution >= 4 is 0 Å². The Morgan fingerprint density at radius 3 is 2.80 bits per heavy atom. The summed E-state index contributed by atoms with van der Waals surface area (Å²) in [5.41, 5.74) is 3.05. The molecule has 4 nitrogen and oxygen atoms in total. The zero-order valence-electron chi connectivity index (χ0n) is 9.22. The molecule has 0 aliphatic carbocycles. The molecule has 0 aromatic carbocycles. The molecule has 0 saturated heterocycles. The maximum Gasteiger partial charge on any atom is 0.0961 e. The fourth-order valence-corrected chi connectivity index (χ4v) is 1.18. The van der Waals surface area contributed by atoms with Crippen LogP contribution >= 0.6 is 0 Å². The number of hydrogen-bond donors (Lipinski definition) is 2. The minimum atomic E-state index is -0.454. The van der Waals surface area contributed by atoms with Crippen LogP contribution in [0.2, 0.25) is 0 Å². The average molecular weight is 212 g/mol. The summed E-state index contributed by atoms with van der Waals surface area (Å²) in [6.45, 7) is 3.75. The van der Waals surface area contributed by atoms with Crippen LogP contribution in [-0.4, -0.2) is 35.6 Å². The van der Waals surface area contributed by atoms with E-state index in [-0.39, 0.29) is 0 Å². The lowest BCUT2D eigenvalue weighted by Crippen LogP contribution is -2.29. The van der Waals surface area contributed by atoms with E-state index in [0.29, 0.717) is 13.2 Å². The fourth-order valence-electron chi connectivity index (χ4n) is 1.18. The molecule has 0 bridgehead atoms. The Morgan fingerprint density at radius 1 is 1.40 bits per heavy atom. The number of nitrogens with one attached hydrogen (secondary N) is 1. The SMILES string of the molecule is CCCCOCC(O)CNn1cccc1. The van der Waals surface area contributed by atoms with E-state index in [1.165, 1.54) is 0 Å². The van der Waals surface area contributed by atoms with Gasteiger partial charge in [-0.05, 0) is 18.6 Å². The Morgan fingerprint density at radius 2 is 2.13 bits per heavy atom. The monoisotopic (exact) mass is 212 g/mol. The molecule has 0 radical (unpaired) electrons. The zero-order valence-corrected chi connectivity index (χ0v) is 9.22. The molecule has 1 atom stereocenters. The molecule has 0 amide bonds. The zero-order chi connectivity index (χ0) is 10.9. The van der Waals surface area contributed by atoms with Crippen molar-refractivity contribution in [2.24, 2.45) is 0 Å². The standard InChI is InChI=1S/C11H20N2O2/c1-2-3-8-15-10-11(14)9-12-13-6-4-5-7-13/h4-7,11-12,14H,2-3,8-10H2,1H3. The summed E-state index contributed by atoms with van der Waals surface area (Å²) >= 11 is 0. The van der Waals surface area contributed by atoms with Crippen molar-refractivity contribution in [1.29, 1.82) is 0 Å². The van der Waals surface area contributed by atoms with Gasteiger partial charge in [-0.2, -0.15) is 0 Å². The van der Waals surface area contributed by atoms with E-state index in [4.69, 9.17) is 4.74 Å². The van der Waals surface area contributed by atoms with Gasteiger partial charge in [0.05, 0.1) is 19.3 Å². The molecule has 15 heavy (non-hydrogen) atoms. The predicted molar refractivity (Wildman–Crippen MR) is 60.4 cm³/mol. The molecule has 4 heteroatoms. The molecule has 0 aliphatic heterocycles. The molecule has 0 saturated carbocycles. The van der Waals surface area contributed by atoms with Crippen LogP contribution < -0.4 is 5.43 Å². The molecule has 86 valence electrons. The first kappa shape index (κ1) is 12.1. The van der Waals surface area contributed by atoms with Crippen LogP contribution in [0.25, 0.3) is 0 Å². The Balaban J connectivity index is 2.01. The van der Waals surface area contributed by atoms with Gasteiger partial charge >= 0.3 is 0 Å². The van der Waals surface area contributed by atoms with Crippen molar-refractivity contribution in [2.45, 2.75) is 25.9 Å². The van der Waals surface area contributed by atoms with Crippen molar-refractivity contribution in [1.82, 2.24) is 4.68 Å². The van der Waals surface area contributed by atoms with Gasteiger partial charge in [-0.1, -0.05) is 13.3 Å². The summed E-state index contributed by atoms with van der Waals surface area (Å²) in [4.78, 5) is 0. The van der Waals surface area contributed by atoms with Gasteiger partial charge in [-0.25, -0.2) is 0 Å². The van der Waals surface area contributed by atoms with Gasteiger partial charge in [0.1, 0.15) is 0 Å². The summed E-state index contributed by atoms with van der Waals surface area (Å²) < 4.78 is 7.12. The number of aliphatic hydroxyl groups is 1. The predicted octanol–water partition coefficient (Wildman–Crippen LogP) is 1.21. The largest absolute Gasteiger partial charge is 0.389 e. The molecule has 1 heterocycles. The molecular formula is C11H20N2O2. The maximum absolute atomic E-state index is 9.55. The first-order valence-electron chi connectivity index (χ1n) is 5.45. The highest BCUT2D eigenvalue weighted by molar-refractivity contribution is 4.93. The third-order valence-electron chi connectivity index (χ3n) is 2.07. The summed E-state index contributed by atoms with van der Waals surface area (Å²) in [5, 5.41) is 9.55. The van der Waals surface area contributed by atoms with Gasteiger partial charge in [-0.3, -0.25) is 4.68 Å². The van der Waals surface area contributed by atoms with Crippen molar-refractivity contribution in [3.63, 3.8) is 0 Å². The Labute approximate surface area is 90.8 Å². The number of unbranched alkanes of at least 4 members (excludes halogenated alkanes) is 1. The lowest BCUT2D eigenvalue weighted by atomic mass is 10.3. The Hall–Kier alpha value is -1.00. The highest BCUT2D eigenvalue weighted by Crippen LogP contribution is 1.91. The third kappa shape index (κ3) is 5.44. The highest BCUT2D eigenvalue weighted by atomic mass is 16.5. The number of aliphatic hydroxyl groups excluding tert-OH is 1. The Bertz CT molecular complexity index is 237. The van der Waals surface area contributed by atoms with Gasteiger partial charge in [-0.15, -0.1) is 0 Å². The number of nitrogens with zero attached hydrogens (tertiary/aromatic N) is 1. The van der Waals surface area contributed by atoms with Crippen LogP contribution in [-0.2, 0) is 4.74 Å². The second kappa shape index (κ2) is 7.31. The van der Waals surface area contributed by atoms with Crippen molar-refractivity contribution < 1.29 is 9.84 Å². The number of ether oxygens (including phenoxy) is 1. The molecule has 1 rings (SSSR count). The molecule has 1 aromatic heterocycles. The maximum atomic E-state index is 9.55. The van der Waals surface area contributed by atoms with Crippen LogP contribution in [0.4, 0.5) is 0 Å². The van der Waals surface area contributed by atoms with Crippen LogP contribution in [0, 0.1) is 0 Å². The third-order valence-corrected chi connectivity index (χ3v) is 2.07. The topological polar surface area (TPSA) is 46.4 Å². The molecule has 0 fully saturated rings. The van der Waals surface area contributed by atoms with Gasteiger partial charge in [0, 0.05) is 19.0 Å². The minimum Gasteiger partial charge on any atom is -0.389 e. The van der Waals surface area contributed by atoms with Gasteiger partial charge in [0.25, 0.3) is 0 Å². The fraction of sp³-hybridized carbons (Fsp3) is 0.636. The van der Waals surface area contributed by atoms with E-state index in [9.17, 15) is 5.11 Å².